The lowest BCUT2D eigenvalue weighted by Gasteiger charge is -2.19. The van der Waals surface area contributed by atoms with Crippen molar-refractivity contribution in [2.24, 2.45) is 5.73 Å². The fourth-order valence-corrected chi connectivity index (χ4v) is 3.18. The van der Waals surface area contributed by atoms with Crippen LogP contribution in [0.1, 0.15) is 52.4 Å². The van der Waals surface area contributed by atoms with Crippen LogP contribution in [0.15, 0.2) is 36.4 Å². The maximum Gasteiger partial charge on any atom is 0.258 e. The number of nitrogens with two attached hydrogens (primary N) is 1. The van der Waals surface area contributed by atoms with Gasteiger partial charge in [0.15, 0.2) is 0 Å². The average molecular weight is 310 g/mol. The summed E-state index contributed by atoms with van der Waals surface area (Å²) in [5.41, 5.74) is 10.4. The molecule has 0 fully saturated rings. The van der Waals surface area contributed by atoms with Crippen molar-refractivity contribution in [3.8, 4) is 5.75 Å². The first-order valence-corrected chi connectivity index (χ1v) is 7.93. The molecule has 0 saturated carbocycles. The van der Waals surface area contributed by atoms with Crippen molar-refractivity contribution in [1.29, 1.82) is 0 Å². The van der Waals surface area contributed by atoms with Gasteiger partial charge in [-0.05, 0) is 40.3 Å². The topological polar surface area (TPSA) is 66.6 Å². The van der Waals surface area contributed by atoms with Crippen LogP contribution < -0.4 is 5.73 Å². The molecule has 0 spiro atoms. The van der Waals surface area contributed by atoms with E-state index in [2.05, 4.69) is 13.8 Å². The molecule has 1 amide bonds. The van der Waals surface area contributed by atoms with Gasteiger partial charge in [0, 0.05) is 19.6 Å². The molecule has 0 aliphatic carbocycles. The third-order valence-corrected chi connectivity index (χ3v) is 4.46. The largest absolute Gasteiger partial charge is 0.507 e. The second-order valence-electron chi connectivity index (χ2n) is 6.36. The molecule has 2 aromatic rings. The number of aromatic hydroxyl groups is 1. The molecule has 1 heterocycles. The van der Waals surface area contributed by atoms with E-state index in [0.717, 1.165) is 11.1 Å². The van der Waals surface area contributed by atoms with Gasteiger partial charge in [0.2, 0.25) is 0 Å². The minimum Gasteiger partial charge on any atom is -0.507 e. The Morgan fingerprint density at radius 3 is 2.35 bits per heavy atom. The van der Waals surface area contributed by atoms with E-state index in [1.165, 1.54) is 11.1 Å². The Hall–Kier alpha value is -2.33. The summed E-state index contributed by atoms with van der Waals surface area (Å²) in [6.45, 7) is 5.65. The lowest BCUT2D eigenvalue weighted by Crippen LogP contribution is -2.25. The number of fused-ring (bicyclic) bond motifs is 1. The van der Waals surface area contributed by atoms with Crippen molar-refractivity contribution in [2.45, 2.75) is 39.4 Å². The van der Waals surface area contributed by atoms with Gasteiger partial charge in [-0.3, -0.25) is 4.79 Å². The van der Waals surface area contributed by atoms with Gasteiger partial charge in [-0.2, -0.15) is 0 Å². The summed E-state index contributed by atoms with van der Waals surface area (Å²) in [6.07, 6.45) is 0. The first-order valence-electron chi connectivity index (χ1n) is 7.93. The average Bonchev–Trinajstić information content (AvgIpc) is 2.97. The Kier molecular flexibility index (Phi) is 4.09. The van der Waals surface area contributed by atoms with Gasteiger partial charge in [0.1, 0.15) is 5.75 Å². The van der Waals surface area contributed by atoms with E-state index in [1.54, 1.807) is 17.0 Å². The van der Waals surface area contributed by atoms with Gasteiger partial charge in [-0.1, -0.05) is 38.1 Å². The molecular weight excluding hydrogens is 288 g/mol. The number of rotatable bonds is 3. The molecule has 0 radical (unpaired) electrons. The smallest absolute Gasteiger partial charge is 0.258 e. The summed E-state index contributed by atoms with van der Waals surface area (Å²) < 4.78 is 0. The number of phenolic OH excluding ortho intramolecular Hbond substituents is 1. The molecule has 0 unspecified atom stereocenters. The van der Waals surface area contributed by atoms with Crippen LogP contribution in [-0.2, 0) is 19.6 Å². The number of benzene rings is 2. The lowest BCUT2D eigenvalue weighted by molar-refractivity contribution is 0.0748. The van der Waals surface area contributed by atoms with Gasteiger partial charge < -0.3 is 15.7 Å². The summed E-state index contributed by atoms with van der Waals surface area (Å²) in [7, 11) is 0. The normalized spacial score (nSPS) is 13.5. The molecule has 0 saturated heterocycles. The van der Waals surface area contributed by atoms with Crippen LogP contribution in [0, 0.1) is 0 Å². The molecule has 23 heavy (non-hydrogen) atoms. The van der Waals surface area contributed by atoms with Crippen LogP contribution in [0.5, 0.6) is 5.75 Å². The fraction of sp³-hybridized carbons (Fsp3) is 0.316. The number of nitrogens with zero attached hydrogens (tertiary/aromatic N) is 1. The van der Waals surface area contributed by atoms with Crippen molar-refractivity contribution in [3.05, 3.63) is 64.2 Å². The maximum atomic E-state index is 12.8. The molecule has 1 aliphatic rings. The first-order chi connectivity index (χ1) is 11.0. The Bertz CT molecular complexity index is 728. The standard InChI is InChI=1S/C19H22N2O2/c1-12(2)16-8-17(18(22)7-15(16)9-20)19(23)21-10-13-5-3-4-6-14(13)11-21/h3-8,12,22H,9-11,20H2,1-2H3. The highest BCUT2D eigenvalue weighted by atomic mass is 16.3. The van der Waals surface area contributed by atoms with Gasteiger partial charge in [-0.15, -0.1) is 0 Å². The van der Waals surface area contributed by atoms with E-state index < -0.39 is 0 Å². The number of amides is 1. The first kappa shape index (κ1) is 15.6. The molecular formula is C19H22N2O2. The number of carbonyl (C=O) groups excluding carboxylic acids is 1. The molecule has 120 valence electrons. The number of hydrogen-bond acceptors (Lipinski definition) is 3. The van der Waals surface area contributed by atoms with Crippen LogP contribution in [0.3, 0.4) is 0 Å². The summed E-state index contributed by atoms with van der Waals surface area (Å²) in [6, 6.07) is 11.5. The minimum atomic E-state index is -0.135. The van der Waals surface area contributed by atoms with Gasteiger partial charge in [0.25, 0.3) is 5.91 Å². The van der Waals surface area contributed by atoms with Crippen molar-refractivity contribution in [1.82, 2.24) is 4.90 Å². The molecule has 0 bridgehead atoms. The van der Waals surface area contributed by atoms with E-state index >= 15 is 0 Å². The van der Waals surface area contributed by atoms with Crippen LogP contribution in [0.4, 0.5) is 0 Å². The molecule has 0 aromatic heterocycles. The molecule has 1 aliphatic heterocycles. The summed E-state index contributed by atoms with van der Waals surface area (Å²) >= 11 is 0. The highest BCUT2D eigenvalue weighted by Gasteiger charge is 2.26. The summed E-state index contributed by atoms with van der Waals surface area (Å²) in [5.74, 6) is 0.122. The van der Waals surface area contributed by atoms with Crippen LogP contribution in [0.25, 0.3) is 0 Å². The minimum absolute atomic E-state index is 0.0100. The Morgan fingerprint density at radius 2 is 1.83 bits per heavy atom. The van der Waals surface area contributed by atoms with E-state index in [0.29, 0.717) is 25.2 Å². The highest BCUT2D eigenvalue weighted by molar-refractivity contribution is 5.97. The van der Waals surface area contributed by atoms with E-state index in [1.807, 2.05) is 24.3 Å². The van der Waals surface area contributed by atoms with Crippen LogP contribution in [-0.4, -0.2) is 15.9 Å². The monoisotopic (exact) mass is 310 g/mol. The molecule has 0 atom stereocenters. The molecule has 4 nitrogen and oxygen atoms in total. The lowest BCUT2D eigenvalue weighted by atomic mass is 9.94. The second-order valence-corrected chi connectivity index (χ2v) is 6.36. The SMILES string of the molecule is CC(C)c1cc(C(=O)N2Cc3ccccc3C2)c(O)cc1CN. The summed E-state index contributed by atoms with van der Waals surface area (Å²) in [4.78, 5) is 14.6. The van der Waals surface area contributed by atoms with Gasteiger partial charge >= 0.3 is 0 Å². The van der Waals surface area contributed by atoms with Crippen molar-refractivity contribution < 1.29 is 9.90 Å². The van der Waals surface area contributed by atoms with Crippen LogP contribution >= 0.6 is 0 Å². The van der Waals surface area contributed by atoms with E-state index in [4.69, 9.17) is 5.73 Å². The molecule has 3 rings (SSSR count). The maximum absolute atomic E-state index is 12.8. The quantitative estimate of drug-likeness (QED) is 0.915. The summed E-state index contributed by atoms with van der Waals surface area (Å²) in [5, 5.41) is 10.3. The predicted molar refractivity (Wildman–Crippen MR) is 90.1 cm³/mol. The van der Waals surface area contributed by atoms with Gasteiger partial charge in [0.05, 0.1) is 5.56 Å². The highest BCUT2D eigenvalue weighted by Crippen LogP contribution is 2.31. The van der Waals surface area contributed by atoms with E-state index in [9.17, 15) is 9.90 Å². The van der Waals surface area contributed by atoms with Crippen molar-refractivity contribution in [3.63, 3.8) is 0 Å². The van der Waals surface area contributed by atoms with Crippen molar-refractivity contribution >= 4 is 5.91 Å². The third kappa shape index (κ3) is 2.82. The molecule has 2 aromatic carbocycles. The predicted octanol–water partition coefficient (Wildman–Crippen LogP) is 3.13. The Balaban J connectivity index is 1.93. The van der Waals surface area contributed by atoms with Crippen molar-refractivity contribution in [2.75, 3.05) is 0 Å². The van der Waals surface area contributed by atoms with E-state index in [-0.39, 0.29) is 17.6 Å². The Morgan fingerprint density at radius 1 is 1.22 bits per heavy atom. The van der Waals surface area contributed by atoms with Gasteiger partial charge in [-0.25, -0.2) is 0 Å². The molecule has 3 N–H and O–H groups in total. The zero-order chi connectivity index (χ0) is 16.6. The number of hydrogen-bond donors (Lipinski definition) is 2. The fourth-order valence-electron chi connectivity index (χ4n) is 3.18. The zero-order valence-electron chi connectivity index (χ0n) is 13.5. The molecule has 4 heteroatoms. The Labute approximate surface area is 136 Å². The second kappa shape index (κ2) is 6.05. The number of phenols is 1. The number of carbonyl (C=O) groups is 1. The van der Waals surface area contributed by atoms with Crippen LogP contribution in [0.2, 0.25) is 0 Å². The zero-order valence-corrected chi connectivity index (χ0v) is 13.5. The third-order valence-electron chi connectivity index (χ3n) is 4.46.